The summed E-state index contributed by atoms with van der Waals surface area (Å²) in [6.45, 7) is 2.06. The van der Waals surface area contributed by atoms with E-state index in [1.165, 1.54) is 5.56 Å². The van der Waals surface area contributed by atoms with Crippen molar-refractivity contribution in [3.05, 3.63) is 58.1 Å². The van der Waals surface area contributed by atoms with E-state index in [-0.39, 0.29) is 0 Å². The van der Waals surface area contributed by atoms with Crippen molar-refractivity contribution in [2.45, 2.75) is 6.92 Å². The summed E-state index contributed by atoms with van der Waals surface area (Å²) < 4.78 is 0.933. The van der Waals surface area contributed by atoms with Gasteiger partial charge in [-0.15, -0.1) is 0 Å². The molecule has 0 aliphatic carbocycles. The molecule has 2 heteroatoms. The average molecular weight is 272 g/mol. The van der Waals surface area contributed by atoms with Gasteiger partial charge in [-0.1, -0.05) is 45.8 Å². The summed E-state index contributed by atoms with van der Waals surface area (Å²) in [6.07, 6.45) is 0. The Hall–Kier alpha value is -1.59. The molecule has 0 saturated heterocycles. The van der Waals surface area contributed by atoms with Crippen molar-refractivity contribution in [2.75, 3.05) is 0 Å². The molecule has 0 aliphatic rings. The smallest absolute Gasteiger partial charge is 0.0992 e. The number of benzene rings is 2. The number of rotatable bonds is 1. The van der Waals surface area contributed by atoms with Gasteiger partial charge in [0.2, 0.25) is 0 Å². The van der Waals surface area contributed by atoms with Crippen molar-refractivity contribution >= 4 is 15.9 Å². The van der Waals surface area contributed by atoms with E-state index in [0.717, 1.165) is 15.6 Å². The van der Waals surface area contributed by atoms with Crippen LogP contribution in [-0.2, 0) is 0 Å². The molecular weight excluding hydrogens is 262 g/mol. The summed E-state index contributed by atoms with van der Waals surface area (Å²) in [5.74, 6) is 0. The highest BCUT2D eigenvalue weighted by molar-refractivity contribution is 9.10. The first kappa shape index (κ1) is 10.9. The maximum absolute atomic E-state index is 8.91. The fraction of sp³-hybridized carbons (Fsp3) is 0.0714. The zero-order valence-electron chi connectivity index (χ0n) is 8.87. The average Bonchev–Trinajstić information content (AvgIpc) is 2.29. The molecule has 0 aliphatic heterocycles. The number of hydrogen-bond donors (Lipinski definition) is 0. The van der Waals surface area contributed by atoms with Gasteiger partial charge in [-0.2, -0.15) is 5.26 Å². The van der Waals surface area contributed by atoms with Gasteiger partial charge in [0, 0.05) is 4.47 Å². The van der Waals surface area contributed by atoms with Crippen LogP contribution in [0.1, 0.15) is 11.1 Å². The van der Waals surface area contributed by atoms with Gasteiger partial charge in [0.05, 0.1) is 11.6 Å². The molecule has 0 aromatic heterocycles. The highest BCUT2D eigenvalue weighted by Gasteiger charge is 2.01. The van der Waals surface area contributed by atoms with E-state index < -0.39 is 0 Å². The number of nitrogens with zero attached hydrogens (tertiary/aromatic N) is 1. The third-order valence-electron chi connectivity index (χ3n) is 2.41. The van der Waals surface area contributed by atoms with Crippen molar-refractivity contribution < 1.29 is 0 Å². The lowest BCUT2D eigenvalue weighted by Crippen LogP contribution is -1.82. The minimum atomic E-state index is 0.671. The monoisotopic (exact) mass is 271 g/mol. The molecular formula is C14H10BrN. The topological polar surface area (TPSA) is 23.8 Å². The Balaban J connectivity index is 2.52. The van der Waals surface area contributed by atoms with Crippen LogP contribution in [0.25, 0.3) is 11.1 Å². The van der Waals surface area contributed by atoms with Crippen LogP contribution in [0.4, 0.5) is 0 Å². The Bertz CT molecular complexity index is 550. The number of aryl methyl sites for hydroxylation is 1. The van der Waals surface area contributed by atoms with E-state index in [9.17, 15) is 0 Å². The van der Waals surface area contributed by atoms with E-state index >= 15 is 0 Å². The first-order chi connectivity index (χ1) is 7.69. The molecule has 1 nitrogen and oxygen atoms in total. The van der Waals surface area contributed by atoms with E-state index in [4.69, 9.17) is 5.26 Å². The van der Waals surface area contributed by atoms with Gasteiger partial charge < -0.3 is 0 Å². The SMILES string of the molecule is Cc1ccc(-c2cc(Br)cc(C#N)c2)cc1. The summed E-state index contributed by atoms with van der Waals surface area (Å²) in [4.78, 5) is 0. The fourth-order valence-corrected chi connectivity index (χ4v) is 2.06. The Morgan fingerprint density at radius 3 is 2.31 bits per heavy atom. The number of hydrogen-bond acceptors (Lipinski definition) is 1. The van der Waals surface area contributed by atoms with Gasteiger partial charge in [-0.25, -0.2) is 0 Å². The normalized spacial score (nSPS) is 9.81. The molecule has 0 unspecified atom stereocenters. The Labute approximate surface area is 103 Å². The molecule has 16 heavy (non-hydrogen) atoms. The van der Waals surface area contributed by atoms with Crippen LogP contribution in [0.3, 0.4) is 0 Å². The molecule has 0 radical (unpaired) electrons. The summed E-state index contributed by atoms with van der Waals surface area (Å²) in [7, 11) is 0. The van der Waals surface area contributed by atoms with Gasteiger partial charge in [-0.3, -0.25) is 0 Å². The van der Waals surface area contributed by atoms with Crippen molar-refractivity contribution in [1.29, 1.82) is 5.26 Å². The van der Waals surface area contributed by atoms with Crippen LogP contribution < -0.4 is 0 Å². The molecule has 0 fully saturated rings. The highest BCUT2D eigenvalue weighted by Crippen LogP contribution is 2.25. The predicted octanol–water partition coefficient (Wildman–Crippen LogP) is 4.30. The number of nitriles is 1. The van der Waals surface area contributed by atoms with Crippen LogP contribution >= 0.6 is 15.9 Å². The lowest BCUT2D eigenvalue weighted by molar-refractivity contribution is 1.45. The van der Waals surface area contributed by atoms with Crippen LogP contribution in [0.15, 0.2) is 46.9 Å². The molecule has 0 saturated carbocycles. The van der Waals surface area contributed by atoms with Crippen LogP contribution in [0.2, 0.25) is 0 Å². The molecule has 0 N–H and O–H groups in total. The summed E-state index contributed by atoms with van der Waals surface area (Å²) in [6, 6.07) is 16.2. The fourth-order valence-electron chi connectivity index (χ4n) is 1.57. The Morgan fingerprint density at radius 1 is 1.00 bits per heavy atom. The van der Waals surface area contributed by atoms with Gasteiger partial charge in [0.25, 0.3) is 0 Å². The third kappa shape index (κ3) is 2.32. The standard InChI is InChI=1S/C14H10BrN/c1-10-2-4-12(5-3-10)13-6-11(9-16)7-14(15)8-13/h2-8H,1H3. The zero-order valence-corrected chi connectivity index (χ0v) is 10.5. The number of halogens is 1. The molecule has 0 bridgehead atoms. The quantitative estimate of drug-likeness (QED) is 0.759. The van der Waals surface area contributed by atoms with Gasteiger partial charge in [0.15, 0.2) is 0 Å². The summed E-state index contributed by atoms with van der Waals surface area (Å²) >= 11 is 3.41. The van der Waals surface area contributed by atoms with Gasteiger partial charge >= 0.3 is 0 Å². The molecule has 0 heterocycles. The molecule has 0 amide bonds. The first-order valence-corrected chi connectivity index (χ1v) is 5.76. The maximum atomic E-state index is 8.91. The second kappa shape index (κ2) is 4.51. The van der Waals surface area contributed by atoms with Crippen LogP contribution in [-0.4, -0.2) is 0 Å². The van der Waals surface area contributed by atoms with E-state index in [1.807, 2.05) is 18.2 Å². The van der Waals surface area contributed by atoms with E-state index in [1.54, 1.807) is 0 Å². The minimum absolute atomic E-state index is 0.671. The highest BCUT2D eigenvalue weighted by atomic mass is 79.9. The molecule has 2 aromatic carbocycles. The lowest BCUT2D eigenvalue weighted by atomic mass is 10.0. The molecule has 78 valence electrons. The third-order valence-corrected chi connectivity index (χ3v) is 2.87. The largest absolute Gasteiger partial charge is 0.192 e. The van der Waals surface area contributed by atoms with Crippen LogP contribution in [0, 0.1) is 18.3 Å². The van der Waals surface area contributed by atoms with Crippen molar-refractivity contribution in [1.82, 2.24) is 0 Å². The van der Waals surface area contributed by atoms with E-state index in [0.29, 0.717) is 5.56 Å². The zero-order chi connectivity index (χ0) is 11.5. The van der Waals surface area contributed by atoms with E-state index in [2.05, 4.69) is 53.2 Å². The van der Waals surface area contributed by atoms with Crippen molar-refractivity contribution in [3.8, 4) is 17.2 Å². The van der Waals surface area contributed by atoms with Crippen molar-refractivity contribution in [3.63, 3.8) is 0 Å². The minimum Gasteiger partial charge on any atom is -0.192 e. The second-order valence-electron chi connectivity index (χ2n) is 3.71. The Morgan fingerprint density at radius 2 is 1.69 bits per heavy atom. The lowest BCUT2D eigenvalue weighted by Gasteiger charge is -2.03. The Kier molecular flexibility index (Phi) is 3.07. The molecule has 2 aromatic rings. The van der Waals surface area contributed by atoms with Gasteiger partial charge in [-0.05, 0) is 36.2 Å². The van der Waals surface area contributed by atoms with Crippen LogP contribution in [0.5, 0.6) is 0 Å². The molecule has 0 spiro atoms. The first-order valence-electron chi connectivity index (χ1n) is 4.97. The van der Waals surface area contributed by atoms with Crippen molar-refractivity contribution in [2.24, 2.45) is 0 Å². The maximum Gasteiger partial charge on any atom is 0.0992 e. The second-order valence-corrected chi connectivity index (χ2v) is 4.62. The molecule has 2 rings (SSSR count). The summed E-state index contributed by atoms with van der Waals surface area (Å²) in [5.41, 5.74) is 4.10. The molecule has 0 atom stereocenters. The summed E-state index contributed by atoms with van der Waals surface area (Å²) in [5, 5.41) is 8.91. The van der Waals surface area contributed by atoms with Gasteiger partial charge in [0.1, 0.15) is 0 Å². The predicted molar refractivity (Wildman–Crippen MR) is 69.0 cm³/mol.